The van der Waals surface area contributed by atoms with E-state index >= 15 is 0 Å². The van der Waals surface area contributed by atoms with Crippen LogP contribution in [0.2, 0.25) is 0 Å². The lowest BCUT2D eigenvalue weighted by molar-refractivity contribution is -0.175. The molecule has 0 aliphatic heterocycles. The lowest BCUT2D eigenvalue weighted by Crippen LogP contribution is -2.55. The van der Waals surface area contributed by atoms with Crippen LogP contribution in [0.15, 0.2) is 24.3 Å². The van der Waals surface area contributed by atoms with E-state index in [1.165, 1.54) is 17.5 Å². The topological polar surface area (TPSA) is 26.3 Å². The Morgan fingerprint density at radius 1 is 1.25 bits per heavy atom. The molecule has 0 saturated heterocycles. The van der Waals surface area contributed by atoms with Crippen LogP contribution in [0.25, 0.3) is 0 Å². The summed E-state index contributed by atoms with van der Waals surface area (Å²) in [6, 6.07) is 8.61. The fourth-order valence-electron chi connectivity index (χ4n) is 3.94. The van der Waals surface area contributed by atoms with Crippen LogP contribution in [0.5, 0.6) is 0 Å². The van der Waals surface area contributed by atoms with Gasteiger partial charge in [0.05, 0.1) is 17.6 Å². The van der Waals surface area contributed by atoms with E-state index in [1.807, 2.05) is 0 Å². The minimum absolute atomic E-state index is 0.126. The maximum atomic E-state index is 12.0. The van der Waals surface area contributed by atoms with Gasteiger partial charge in [0.2, 0.25) is 0 Å². The summed E-state index contributed by atoms with van der Waals surface area (Å²) in [4.78, 5) is 12.0. The number of carbonyl (C=O) groups is 1. The fraction of sp³-hybridized carbons (Fsp3) is 0.611. The minimum atomic E-state index is -0.202. The Labute approximate surface area is 121 Å². The van der Waals surface area contributed by atoms with Gasteiger partial charge in [-0.25, -0.2) is 0 Å². The number of fused-ring (bicyclic) bond motifs is 1. The van der Waals surface area contributed by atoms with Gasteiger partial charge in [0.25, 0.3) is 0 Å². The first-order valence-electron chi connectivity index (χ1n) is 7.98. The number of hydrogen-bond acceptors (Lipinski definition) is 2. The van der Waals surface area contributed by atoms with E-state index < -0.39 is 0 Å². The molecule has 2 atom stereocenters. The van der Waals surface area contributed by atoms with Crippen molar-refractivity contribution >= 4 is 5.78 Å². The first-order chi connectivity index (χ1) is 9.71. The normalized spacial score (nSPS) is 27.8. The summed E-state index contributed by atoms with van der Waals surface area (Å²) in [5.74, 6) is 0.400. The smallest absolute Gasteiger partial charge is 0.144 e. The van der Waals surface area contributed by atoms with Crippen molar-refractivity contribution in [3.63, 3.8) is 0 Å². The van der Waals surface area contributed by atoms with Crippen LogP contribution >= 0.6 is 0 Å². The molecule has 1 saturated carbocycles. The van der Waals surface area contributed by atoms with Gasteiger partial charge in [-0.2, -0.15) is 0 Å². The molecule has 2 nitrogen and oxygen atoms in total. The molecular formula is C18H24O2. The number of hydrogen-bond donors (Lipinski definition) is 0. The monoisotopic (exact) mass is 272 g/mol. The fourth-order valence-corrected chi connectivity index (χ4v) is 3.94. The van der Waals surface area contributed by atoms with E-state index in [0.717, 1.165) is 25.7 Å². The molecule has 0 radical (unpaired) electrons. The second-order valence-corrected chi connectivity index (χ2v) is 6.19. The molecule has 0 N–H and O–H groups in total. The summed E-state index contributed by atoms with van der Waals surface area (Å²) in [6.45, 7) is 4.23. The molecule has 20 heavy (non-hydrogen) atoms. The molecule has 0 spiro atoms. The number of ether oxygens (including phenoxy) is 1. The third-order valence-corrected chi connectivity index (χ3v) is 5.45. The average Bonchev–Trinajstić information content (AvgIpc) is 2.48. The maximum Gasteiger partial charge on any atom is 0.144 e. The van der Waals surface area contributed by atoms with Gasteiger partial charge in [-0.1, -0.05) is 38.1 Å². The molecular weight excluding hydrogens is 248 g/mol. The zero-order valence-corrected chi connectivity index (χ0v) is 12.5. The van der Waals surface area contributed by atoms with Gasteiger partial charge < -0.3 is 4.74 Å². The number of rotatable bonds is 4. The third-order valence-electron chi connectivity index (χ3n) is 5.45. The van der Waals surface area contributed by atoms with Crippen LogP contribution in [-0.2, 0) is 16.0 Å². The summed E-state index contributed by atoms with van der Waals surface area (Å²) < 4.78 is 6.40. The Balaban J connectivity index is 1.78. The van der Waals surface area contributed by atoms with Crippen LogP contribution in [-0.4, -0.2) is 11.9 Å². The maximum absolute atomic E-state index is 12.0. The number of carbonyl (C=O) groups excluding carboxylic acids is 1. The summed E-state index contributed by atoms with van der Waals surface area (Å²) >= 11 is 0. The Morgan fingerprint density at radius 3 is 2.70 bits per heavy atom. The van der Waals surface area contributed by atoms with Crippen molar-refractivity contribution in [3.05, 3.63) is 35.4 Å². The van der Waals surface area contributed by atoms with E-state index in [-0.39, 0.29) is 17.6 Å². The Hall–Kier alpha value is -1.15. The van der Waals surface area contributed by atoms with E-state index in [9.17, 15) is 4.79 Å². The zero-order chi connectivity index (χ0) is 14.2. The first kappa shape index (κ1) is 13.8. The van der Waals surface area contributed by atoms with Crippen molar-refractivity contribution in [1.82, 2.24) is 0 Å². The Bertz CT molecular complexity index is 502. The van der Waals surface area contributed by atoms with Gasteiger partial charge in [-0.3, -0.25) is 4.79 Å². The Morgan fingerprint density at radius 2 is 2.00 bits per heavy atom. The van der Waals surface area contributed by atoms with Gasteiger partial charge in [-0.15, -0.1) is 0 Å². The standard InChI is InChI=1S/C18H24O2/c1-3-18(4-2)16(19)12-17(18)20-15-11-7-9-13-8-5-6-10-14(13)15/h5-6,8,10,15,17H,3-4,7,9,11-12H2,1-2H3. The van der Waals surface area contributed by atoms with Gasteiger partial charge in [0, 0.05) is 6.42 Å². The van der Waals surface area contributed by atoms with Crippen LogP contribution in [0.1, 0.15) is 63.2 Å². The second kappa shape index (κ2) is 5.33. The largest absolute Gasteiger partial charge is 0.369 e. The predicted octanol–water partition coefficient (Wildman–Crippen LogP) is 4.23. The zero-order valence-electron chi connectivity index (χ0n) is 12.5. The number of Topliss-reactive ketones (excluding diaryl/α,β-unsaturated/α-hetero) is 1. The van der Waals surface area contributed by atoms with Crippen LogP contribution in [0.3, 0.4) is 0 Å². The van der Waals surface area contributed by atoms with Gasteiger partial charge >= 0.3 is 0 Å². The molecule has 0 amide bonds. The quantitative estimate of drug-likeness (QED) is 0.820. The molecule has 2 aliphatic carbocycles. The molecule has 108 valence electrons. The molecule has 0 aromatic heterocycles. The van der Waals surface area contributed by atoms with Gasteiger partial charge in [0.15, 0.2) is 0 Å². The molecule has 1 fully saturated rings. The van der Waals surface area contributed by atoms with Crippen molar-refractivity contribution < 1.29 is 9.53 Å². The summed E-state index contributed by atoms with van der Waals surface area (Å²) in [7, 11) is 0. The Kier molecular flexibility index (Phi) is 3.68. The lowest BCUT2D eigenvalue weighted by atomic mass is 9.61. The van der Waals surface area contributed by atoms with Crippen molar-refractivity contribution in [2.75, 3.05) is 0 Å². The molecule has 0 heterocycles. The number of benzene rings is 1. The summed E-state index contributed by atoms with van der Waals surface area (Å²) in [6.07, 6.45) is 6.17. The molecule has 3 rings (SSSR count). The van der Waals surface area contributed by atoms with Crippen molar-refractivity contribution in [3.8, 4) is 0 Å². The van der Waals surface area contributed by atoms with Crippen molar-refractivity contribution in [1.29, 1.82) is 0 Å². The highest BCUT2D eigenvalue weighted by atomic mass is 16.5. The summed E-state index contributed by atoms with van der Waals surface area (Å²) in [5, 5.41) is 0. The minimum Gasteiger partial charge on any atom is -0.369 e. The first-order valence-corrected chi connectivity index (χ1v) is 7.98. The van der Waals surface area contributed by atoms with Crippen LogP contribution in [0, 0.1) is 5.41 Å². The molecule has 2 heteroatoms. The van der Waals surface area contributed by atoms with E-state index in [4.69, 9.17) is 4.74 Å². The van der Waals surface area contributed by atoms with E-state index in [2.05, 4.69) is 38.1 Å². The van der Waals surface area contributed by atoms with Crippen molar-refractivity contribution in [2.45, 2.75) is 64.6 Å². The van der Waals surface area contributed by atoms with E-state index in [0.29, 0.717) is 12.2 Å². The van der Waals surface area contributed by atoms with Gasteiger partial charge in [-0.05, 0) is 43.2 Å². The highest BCUT2D eigenvalue weighted by molar-refractivity contribution is 5.92. The van der Waals surface area contributed by atoms with Crippen LogP contribution < -0.4 is 0 Å². The molecule has 2 aliphatic rings. The molecule has 1 aromatic rings. The number of ketones is 1. The molecule has 0 bridgehead atoms. The predicted molar refractivity (Wildman–Crippen MR) is 79.6 cm³/mol. The highest BCUT2D eigenvalue weighted by Gasteiger charge is 2.53. The third kappa shape index (κ3) is 2.01. The average molecular weight is 272 g/mol. The van der Waals surface area contributed by atoms with Gasteiger partial charge in [0.1, 0.15) is 5.78 Å². The molecule has 1 aromatic carbocycles. The second-order valence-electron chi connectivity index (χ2n) is 6.19. The van der Waals surface area contributed by atoms with Crippen molar-refractivity contribution in [2.24, 2.45) is 5.41 Å². The lowest BCUT2D eigenvalue weighted by Gasteiger charge is -2.48. The highest BCUT2D eigenvalue weighted by Crippen LogP contribution is 2.48. The summed E-state index contributed by atoms with van der Waals surface area (Å²) in [5.41, 5.74) is 2.57. The molecule has 2 unspecified atom stereocenters. The SMILES string of the molecule is CCC1(CC)C(=O)CC1OC1CCCc2ccccc21. The number of aryl methyl sites for hydroxylation is 1. The van der Waals surface area contributed by atoms with Crippen LogP contribution in [0.4, 0.5) is 0 Å². The van der Waals surface area contributed by atoms with E-state index in [1.54, 1.807) is 0 Å².